The highest BCUT2D eigenvalue weighted by atomic mass is 35.5. The first-order valence-corrected chi connectivity index (χ1v) is 9.40. The molecule has 2 aliphatic rings. The van der Waals surface area contributed by atoms with Crippen LogP contribution in [0.1, 0.15) is 30.5 Å². The number of urea groups is 1. The van der Waals surface area contributed by atoms with Gasteiger partial charge in [0.15, 0.2) is 0 Å². The van der Waals surface area contributed by atoms with E-state index < -0.39 is 0 Å². The molecular formula is C19H22ClN5O2. The van der Waals surface area contributed by atoms with Gasteiger partial charge >= 0.3 is 6.03 Å². The number of nitrogen functional groups attached to an aromatic ring is 1. The number of aryl methyl sites for hydroxylation is 1. The van der Waals surface area contributed by atoms with Crippen molar-refractivity contribution in [3.8, 4) is 5.75 Å². The molecule has 1 aliphatic heterocycles. The van der Waals surface area contributed by atoms with Crippen molar-refractivity contribution >= 4 is 29.3 Å². The monoisotopic (exact) mass is 387 g/mol. The lowest BCUT2D eigenvalue weighted by Gasteiger charge is -2.40. The predicted octanol–water partition coefficient (Wildman–Crippen LogP) is 3.23. The van der Waals surface area contributed by atoms with Gasteiger partial charge in [-0.15, -0.1) is 0 Å². The van der Waals surface area contributed by atoms with Crippen LogP contribution in [0, 0.1) is 0 Å². The molecule has 1 saturated heterocycles. The smallest absolute Gasteiger partial charge is 0.321 e. The van der Waals surface area contributed by atoms with Crippen molar-refractivity contribution < 1.29 is 9.53 Å². The van der Waals surface area contributed by atoms with E-state index in [1.165, 1.54) is 0 Å². The largest absolute Gasteiger partial charge is 0.495 e. The quantitative estimate of drug-likeness (QED) is 0.825. The molecule has 2 heterocycles. The van der Waals surface area contributed by atoms with E-state index in [0.717, 1.165) is 36.9 Å². The molecule has 0 radical (unpaired) electrons. The lowest BCUT2D eigenvalue weighted by Crippen LogP contribution is -2.49. The number of ether oxygens (including phenoxy) is 1. The van der Waals surface area contributed by atoms with Crippen molar-refractivity contribution in [2.45, 2.75) is 31.1 Å². The summed E-state index contributed by atoms with van der Waals surface area (Å²) in [6.45, 7) is 1.32. The van der Waals surface area contributed by atoms with Crippen LogP contribution in [0.25, 0.3) is 0 Å². The van der Waals surface area contributed by atoms with Crippen LogP contribution in [-0.2, 0) is 11.8 Å². The van der Waals surface area contributed by atoms with Crippen LogP contribution >= 0.6 is 11.6 Å². The number of benzene rings is 1. The average Bonchev–Trinajstić information content (AvgIpc) is 2.99. The molecule has 1 atom stereocenters. The van der Waals surface area contributed by atoms with E-state index in [1.807, 2.05) is 11.1 Å². The van der Waals surface area contributed by atoms with Crippen molar-refractivity contribution in [1.82, 2.24) is 14.9 Å². The van der Waals surface area contributed by atoms with Gasteiger partial charge in [-0.1, -0.05) is 11.6 Å². The molecule has 1 aromatic carbocycles. The van der Waals surface area contributed by atoms with Crippen molar-refractivity contribution in [2.75, 3.05) is 31.2 Å². The normalized spacial score (nSPS) is 21.2. The molecule has 1 aliphatic carbocycles. The molecule has 1 unspecified atom stereocenters. The van der Waals surface area contributed by atoms with Crippen LogP contribution in [0.2, 0.25) is 5.02 Å². The number of fused-ring (bicyclic) bond motifs is 2. The maximum Gasteiger partial charge on any atom is 0.321 e. The highest BCUT2D eigenvalue weighted by Gasteiger charge is 2.44. The molecule has 1 spiro atoms. The molecule has 2 amide bonds. The number of likely N-dealkylation sites (tertiary alicyclic amines) is 1. The standard InChI is InChI=1S/C19H22ClN5O2/c1-27-15-4-3-13(20)9-14(15)23-18(26)25-8-2-6-19(11-25)7-5-12-10-22-17(21)24-16(12)19/h3-4,9-10H,2,5-8,11H2,1H3,(H,23,26)(H2,21,22,24). The van der Waals surface area contributed by atoms with Crippen LogP contribution in [0.4, 0.5) is 16.4 Å². The van der Waals surface area contributed by atoms with E-state index in [4.69, 9.17) is 22.1 Å². The Labute approximate surface area is 162 Å². The Bertz CT molecular complexity index is 886. The number of carbonyl (C=O) groups excluding carboxylic acids is 1. The van der Waals surface area contributed by atoms with Crippen LogP contribution in [0.3, 0.4) is 0 Å². The number of piperidine rings is 1. The number of aromatic nitrogens is 2. The van der Waals surface area contributed by atoms with E-state index in [0.29, 0.717) is 35.5 Å². The Morgan fingerprint density at radius 1 is 1.41 bits per heavy atom. The first-order chi connectivity index (χ1) is 13.0. The Balaban J connectivity index is 1.55. The van der Waals surface area contributed by atoms with Gasteiger partial charge in [0.05, 0.1) is 18.5 Å². The van der Waals surface area contributed by atoms with Crippen LogP contribution in [0.15, 0.2) is 24.4 Å². The molecule has 8 heteroatoms. The number of carbonyl (C=O) groups is 1. The fourth-order valence-electron chi connectivity index (χ4n) is 4.23. The number of amides is 2. The van der Waals surface area contributed by atoms with Crippen LogP contribution in [0.5, 0.6) is 5.75 Å². The second-order valence-electron chi connectivity index (χ2n) is 7.18. The summed E-state index contributed by atoms with van der Waals surface area (Å²) in [5, 5.41) is 3.47. The highest BCUT2D eigenvalue weighted by molar-refractivity contribution is 6.31. The summed E-state index contributed by atoms with van der Waals surface area (Å²) in [5.41, 5.74) is 8.40. The van der Waals surface area contributed by atoms with Gasteiger partial charge < -0.3 is 20.7 Å². The molecule has 7 nitrogen and oxygen atoms in total. The summed E-state index contributed by atoms with van der Waals surface area (Å²) in [6, 6.07) is 5.00. The zero-order valence-corrected chi connectivity index (χ0v) is 15.9. The summed E-state index contributed by atoms with van der Waals surface area (Å²) >= 11 is 6.07. The fraction of sp³-hybridized carbons (Fsp3) is 0.421. The third kappa shape index (κ3) is 3.27. The van der Waals surface area contributed by atoms with E-state index >= 15 is 0 Å². The first-order valence-electron chi connectivity index (χ1n) is 9.02. The van der Waals surface area contributed by atoms with E-state index in [-0.39, 0.29) is 11.4 Å². The highest BCUT2D eigenvalue weighted by Crippen LogP contribution is 2.44. The van der Waals surface area contributed by atoms with Crippen LogP contribution in [-0.4, -0.2) is 41.1 Å². The minimum Gasteiger partial charge on any atom is -0.495 e. The molecule has 4 rings (SSSR count). The summed E-state index contributed by atoms with van der Waals surface area (Å²) in [4.78, 5) is 23.4. The molecular weight excluding hydrogens is 366 g/mol. The van der Waals surface area contributed by atoms with E-state index in [2.05, 4.69) is 15.3 Å². The number of nitrogens with one attached hydrogen (secondary N) is 1. The number of rotatable bonds is 2. The summed E-state index contributed by atoms with van der Waals surface area (Å²) < 4.78 is 5.32. The minimum absolute atomic E-state index is 0.138. The van der Waals surface area contributed by atoms with Gasteiger partial charge in [0, 0.05) is 29.7 Å². The number of methoxy groups -OCH3 is 1. The molecule has 0 saturated carbocycles. The third-order valence-corrected chi connectivity index (χ3v) is 5.76. The first kappa shape index (κ1) is 17.9. The van der Waals surface area contributed by atoms with Gasteiger partial charge in [-0.3, -0.25) is 0 Å². The molecule has 142 valence electrons. The van der Waals surface area contributed by atoms with Gasteiger partial charge in [0.25, 0.3) is 0 Å². The van der Waals surface area contributed by atoms with E-state index in [1.54, 1.807) is 25.3 Å². The number of halogens is 1. The Hall–Kier alpha value is -2.54. The van der Waals surface area contributed by atoms with Crippen molar-refractivity contribution in [3.05, 3.63) is 40.7 Å². The van der Waals surface area contributed by atoms with Crippen molar-refractivity contribution in [3.63, 3.8) is 0 Å². The number of hydrogen-bond acceptors (Lipinski definition) is 5. The lowest BCUT2D eigenvalue weighted by molar-refractivity contribution is 0.157. The maximum atomic E-state index is 12.9. The summed E-state index contributed by atoms with van der Waals surface area (Å²) in [5.74, 6) is 0.867. The zero-order valence-electron chi connectivity index (χ0n) is 15.2. The maximum absolute atomic E-state index is 12.9. The van der Waals surface area contributed by atoms with Gasteiger partial charge in [0.2, 0.25) is 5.95 Å². The van der Waals surface area contributed by atoms with Crippen molar-refractivity contribution in [1.29, 1.82) is 0 Å². The van der Waals surface area contributed by atoms with Crippen LogP contribution < -0.4 is 15.8 Å². The molecule has 1 fully saturated rings. The van der Waals surface area contributed by atoms with E-state index in [9.17, 15) is 4.79 Å². The fourth-order valence-corrected chi connectivity index (χ4v) is 4.40. The Morgan fingerprint density at radius 3 is 3.07 bits per heavy atom. The SMILES string of the molecule is COc1ccc(Cl)cc1NC(=O)N1CCCC2(CCc3cnc(N)nc32)C1. The topological polar surface area (TPSA) is 93.4 Å². The summed E-state index contributed by atoms with van der Waals surface area (Å²) in [7, 11) is 1.56. The summed E-state index contributed by atoms with van der Waals surface area (Å²) in [6.07, 6.45) is 5.63. The van der Waals surface area contributed by atoms with Gasteiger partial charge in [0.1, 0.15) is 5.75 Å². The number of nitrogens with zero attached hydrogens (tertiary/aromatic N) is 3. The predicted molar refractivity (Wildman–Crippen MR) is 104 cm³/mol. The number of anilines is 2. The molecule has 3 N–H and O–H groups in total. The minimum atomic E-state index is -0.162. The van der Waals surface area contributed by atoms with Gasteiger partial charge in [-0.2, -0.15) is 0 Å². The Kier molecular flexibility index (Phi) is 4.55. The van der Waals surface area contributed by atoms with Gasteiger partial charge in [-0.25, -0.2) is 14.8 Å². The molecule has 0 bridgehead atoms. The zero-order chi connectivity index (χ0) is 19.0. The Morgan fingerprint density at radius 2 is 2.26 bits per heavy atom. The number of nitrogens with two attached hydrogens (primary N) is 1. The lowest BCUT2D eigenvalue weighted by atomic mass is 9.77. The molecule has 1 aromatic heterocycles. The molecule has 2 aromatic rings. The average molecular weight is 388 g/mol. The van der Waals surface area contributed by atoms with Gasteiger partial charge in [-0.05, 0) is 49.4 Å². The third-order valence-electron chi connectivity index (χ3n) is 5.53. The molecule has 27 heavy (non-hydrogen) atoms. The number of hydrogen-bond donors (Lipinski definition) is 2. The van der Waals surface area contributed by atoms with Crippen molar-refractivity contribution in [2.24, 2.45) is 0 Å². The second-order valence-corrected chi connectivity index (χ2v) is 7.62. The second kappa shape index (κ2) is 6.88.